The van der Waals surface area contributed by atoms with Crippen LogP contribution in [0.15, 0.2) is 30.5 Å². The maximum absolute atomic E-state index is 5.80. The number of rotatable bonds is 4. The zero-order valence-corrected chi connectivity index (χ0v) is 11.8. The summed E-state index contributed by atoms with van der Waals surface area (Å²) >= 11 is 0. The molecule has 1 fully saturated rings. The lowest BCUT2D eigenvalue weighted by Gasteiger charge is -2.23. The van der Waals surface area contributed by atoms with Gasteiger partial charge in [0.05, 0.1) is 5.60 Å². The van der Waals surface area contributed by atoms with Crippen molar-refractivity contribution in [2.45, 2.75) is 31.9 Å². The molecule has 19 heavy (non-hydrogen) atoms. The van der Waals surface area contributed by atoms with Crippen LogP contribution in [0.25, 0.3) is 10.9 Å². The third-order valence-corrected chi connectivity index (χ3v) is 4.09. The van der Waals surface area contributed by atoms with Gasteiger partial charge in [0.1, 0.15) is 0 Å². The summed E-state index contributed by atoms with van der Waals surface area (Å²) in [5.41, 5.74) is 2.69. The monoisotopic (exact) mass is 258 g/mol. The van der Waals surface area contributed by atoms with Crippen molar-refractivity contribution in [1.82, 2.24) is 9.88 Å². The second kappa shape index (κ2) is 4.99. The molecular weight excluding hydrogens is 236 g/mol. The number of nitrogens with one attached hydrogen (secondary N) is 1. The van der Waals surface area contributed by atoms with Crippen LogP contribution in [0.4, 0.5) is 0 Å². The normalized spacial score (nSPS) is 23.3. The molecule has 1 N–H and O–H groups in total. The minimum absolute atomic E-state index is 0.0323. The molecule has 2 heterocycles. The molecule has 1 aromatic heterocycles. The van der Waals surface area contributed by atoms with Crippen LogP contribution in [-0.2, 0) is 18.3 Å². The second-order valence-corrected chi connectivity index (χ2v) is 5.79. The first kappa shape index (κ1) is 12.7. The van der Waals surface area contributed by atoms with E-state index in [0.717, 1.165) is 26.1 Å². The lowest BCUT2D eigenvalue weighted by Crippen LogP contribution is -2.36. The van der Waals surface area contributed by atoms with Gasteiger partial charge in [-0.2, -0.15) is 0 Å². The smallest absolute Gasteiger partial charge is 0.0779 e. The maximum Gasteiger partial charge on any atom is 0.0779 e. The summed E-state index contributed by atoms with van der Waals surface area (Å²) in [4.78, 5) is 0. The Kier molecular flexibility index (Phi) is 3.33. The Balaban J connectivity index is 1.68. The van der Waals surface area contributed by atoms with Crippen LogP contribution in [0.1, 0.15) is 25.3 Å². The number of hydrogen-bond acceptors (Lipinski definition) is 2. The van der Waals surface area contributed by atoms with Crippen molar-refractivity contribution >= 4 is 10.9 Å². The van der Waals surface area contributed by atoms with Crippen molar-refractivity contribution in [1.29, 1.82) is 0 Å². The van der Waals surface area contributed by atoms with E-state index in [4.69, 9.17) is 4.74 Å². The van der Waals surface area contributed by atoms with Crippen molar-refractivity contribution < 1.29 is 4.74 Å². The molecule has 3 rings (SSSR count). The predicted octanol–water partition coefficient (Wildman–Crippen LogP) is 2.84. The highest BCUT2D eigenvalue weighted by Gasteiger charge is 2.29. The highest BCUT2D eigenvalue weighted by molar-refractivity contribution is 5.83. The SMILES string of the molecule is Cn1cc(CNCC2(C)CCCO2)c2ccccc21. The standard InChI is InChI=1S/C16H22N2O/c1-16(8-5-9-19-16)12-17-10-13-11-18(2)15-7-4-3-6-14(13)15/h3-4,6-7,11,17H,5,8-10,12H2,1-2H3. The Labute approximate surface area is 114 Å². The van der Waals surface area contributed by atoms with Crippen molar-refractivity contribution in [3.8, 4) is 0 Å². The van der Waals surface area contributed by atoms with Gasteiger partial charge in [0.25, 0.3) is 0 Å². The van der Waals surface area contributed by atoms with E-state index in [1.165, 1.54) is 22.9 Å². The summed E-state index contributed by atoms with van der Waals surface area (Å²) in [5.74, 6) is 0. The molecule has 1 aliphatic rings. The third kappa shape index (κ3) is 2.53. The fraction of sp³-hybridized carbons (Fsp3) is 0.500. The Morgan fingerprint density at radius 2 is 2.21 bits per heavy atom. The zero-order valence-electron chi connectivity index (χ0n) is 11.8. The number of fused-ring (bicyclic) bond motifs is 1. The lowest BCUT2D eigenvalue weighted by molar-refractivity contribution is 0.0207. The Morgan fingerprint density at radius 3 is 3.00 bits per heavy atom. The molecule has 102 valence electrons. The number of aromatic nitrogens is 1. The zero-order chi connectivity index (χ0) is 13.3. The maximum atomic E-state index is 5.80. The molecule has 1 unspecified atom stereocenters. The van der Waals surface area contributed by atoms with Gasteiger partial charge in [-0.05, 0) is 31.4 Å². The van der Waals surface area contributed by atoms with Gasteiger partial charge in [0, 0.05) is 43.8 Å². The van der Waals surface area contributed by atoms with Crippen molar-refractivity contribution in [3.05, 3.63) is 36.0 Å². The summed E-state index contributed by atoms with van der Waals surface area (Å²) in [7, 11) is 2.10. The van der Waals surface area contributed by atoms with E-state index in [2.05, 4.69) is 54.3 Å². The highest BCUT2D eigenvalue weighted by Crippen LogP contribution is 2.24. The van der Waals surface area contributed by atoms with Crippen LogP contribution in [0, 0.1) is 0 Å². The van der Waals surface area contributed by atoms with E-state index in [9.17, 15) is 0 Å². The van der Waals surface area contributed by atoms with Crippen LogP contribution in [0.5, 0.6) is 0 Å². The second-order valence-electron chi connectivity index (χ2n) is 5.79. The van der Waals surface area contributed by atoms with Gasteiger partial charge in [0.15, 0.2) is 0 Å². The first-order valence-corrected chi connectivity index (χ1v) is 7.06. The molecular formula is C16H22N2O. The summed E-state index contributed by atoms with van der Waals surface area (Å²) in [5, 5.41) is 4.89. The van der Waals surface area contributed by atoms with Crippen LogP contribution in [0.3, 0.4) is 0 Å². The van der Waals surface area contributed by atoms with E-state index in [1.54, 1.807) is 0 Å². The minimum atomic E-state index is 0.0323. The van der Waals surface area contributed by atoms with E-state index < -0.39 is 0 Å². The molecule has 1 saturated heterocycles. The van der Waals surface area contributed by atoms with Gasteiger partial charge in [-0.15, -0.1) is 0 Å². The quantitative estimate of drug-likeness (QED) is 0.912. The molecule has 1 aliphatic heterocycles. The molecule has 0 saturated carbocycles. The third-order valence-electron chi connectivity index (χ3n) is 4.09. The Hall–Kier alpha value is -1.32. The molecule has 0 radical (unpaired) electrons. The summed E-state index contributed by atoms with van der Waals surface area (Å²) in [6.07, 6.45) is 4.57. The molecule has 0 bridgehead atoms. The number of hydrogen-bond donors (Lipinski definition) is 1. The fourth-order valence-corrected chi connectivity index (χ4v) is 3.00. The van der Waals surface area contributed by atoms with Gasteiger partial charge in [-0.3, -0.25) is 0 Å². The Bertz CT molecular complexity index is 567. The Morgan fingerprint density at radius 1 is 1.37 bits per heavy atom. The number of aryl methyl sites for hydroxylation is 1. The number of ether oxygens (including phenoxy) is 1. The van der Waals surface area contributed by atoms with Crippen LogP contribution in [0.2, 0.25) is 0 Å². The predicted molar refractivity (Wildman–Crippen MR) is 78.2 cm³/mol. The largest absolute Gasteiger partial charge is 0.374 e. The molecule has 1 aromatic carbocycles. The average Bonchev–Trinajstić information content (AvgIpc) is 2.96. The number of nitrogens with zero attached hydrogens (tertiary/aromatic N) is 1. The van der Waals surface area contributed by atoms with Gasteiger partial charge in [-0.1, -0.05) is 18.2 Å². The highest BCUT2D eigenvalue weighted by atomic mass is 16.5. The molecule has 1 atom stereocenters. The van der Waals surface area contributed by atoms with Crippen LogP contribution >= 0.6 is 0 Å². The number of para-hydroxylation sites is 1. The van der Waals surface area contributed by atoms with Crippen LogP contribution in [-0.4, -0.2) is 23.3 Å². The summed E-state index contributed by atoms with van der Waals surface area (Å²) in [6.45, 7) is 4.94. The molecule has 3 nitrogen and oxygen atoms in total. The lowest BCUT2D eigenvalue weighted by atomic mass is 10.0. The average molecular weight is 258 g/mol. The van der Waals surface area contributed by atoms with Crippen molar-refractivity contribution in [3.63, 3.8) is 0 Å². The summed E-state index contributed by atoms with van der Waals surface area (Å²) in [6, 6.07) is 8.56. The van der Waals surface area contributed by atoms with Gasteiger partial charge in [-0.25, -0.2) is 0 Å². The number of benzene rings is 1. The van der Waals surface area contributed by atoms with E-state index in [1.807, 2.05) is 0 Å². The molecule has 0 aliphatic carbocycles. The molecule has 0 amide bonds. The first-order valence-electron chi connectivity index (χ1n) is 7.06. The molecule has 0 spiro atoms. The minimum Gasteiger partial charge on any atom is -0.374 e. The van der Waals surface area contributed by atoms with Crippen LogP contribution < -0.4 is 5.32 Å². The first-order chi connectivity index (χ1) is 9.18. The van der Waals surface area contributed by atoms with Crippen molar-refractivity contribution in [2.75, 3.05) is 13.2 Å². The van der Waals surface area contributed by atoms with Gasteiger partial charge >= 0.3 is 0 Å². The summed E-state index contributed by atoms with van der Waals surface area (Å²) < 4.78 is 8.00. The van der Waals surface area contributed by atoms with Gasteiger partial charge in [0.2, 0.25) is 0 Å². The van der Waals surface area contributed by atoms with Crippen molar-refractivity contribution in [2.24, 2.45) is 7.05 Å². The molecule has 3 heteroatoms. The van der Waals surface area contributed by atoms with Gasteiger partial charge < -0.3 is 14.6 Å². The fourth-order valence-electron chi connectivity index (χ4n) is 3.00. The topological polar surface area (TPSA) is 26.2 Å². The molecule has 2 aromatic rings. The van der Waals surface area contributed by atoms with E-state index in [-0.39, 0.29) is 5.60 Å². The van der Waals surface area contributed by atoms with E-state index in [0.29, 0.717) is 0 Å². The van der Waals surface area contributed by atoms with E-state index >= 15 is 0 Å².